The average molecular weight is 946 g/mol. The van der Waals surface area contributed by atoms with E-state index in [0.717, 1.165) is 94.2 Å². The van der Waals surface area contributed by atoms with Crippen LogP contribution in [0.3, 0.4) is 0 Å². The monoisotopic (exact) mass is 945 g/mol. The first-order chi connectivity index (χ1) is 29.0. The third-order valence-electron chi connectivity index (χ3n) is 12.6. The van der Waals surface area contributed by atoms with Gasteiger partial charge in [0.25, 0.3) is 0 Å². The predicted octanol–water partition coefficient (Wildman–Crippen LogP) is 14.3. The Hall–Kier alpha value is -6.87. The topological polar surface area (TPSA) is 54.0 Å². The van der Waals surface area contributed by atoms with E-state index in [1.807, 2.05) is 0 Å². The first-order valence-electron chi connectivity index (χ1n) is 20.4. The molecule has 2 aliphatic rings. The van der Waals surface area contributed by atoms with Crippen LogP contribution in [0.2, 0.25) is 0 Å². The van der Waals surface area contributed by atoms with E-state index >= 15 is 0 Å². The molecule has 11 aromatic rings. The molecule has 0 atom stereocenters. The molecule has 5 heterocycles. The van der Waals surface area contributed by atoms with E-state index in [-0.39, 0.29) is 27.0 Å². The number of rotatable bonds is 1. The SMILES string of the molecule is CC(C)c1c2nc(cc3[n-]c(cc4nc(cc5[n-]c1c1cc6ccccc6cc51)-c1cc5ccccc5cc1-4)c1cc4ccccc4cc31)-c1cc3ccccc3cc1-2.[Pt+2]. The summed E-state index contributed by atoms with van der Waals surface area (Å²) in [5.74, 6) is 0.116. The van der Waals surface area contributed by atoms with Crippen LogP contribution in [0, 0.1) is 0 Å². The minimum atomic E-state index is 0. The second-order valence-electron chi connectivity index (χ2n) is 16.4. The second-order valence-corrected chi connectivity index (χ2v) is 16.4. The van der Waals surface area contributed by atoms with E-state index in [0.29, 0.717) is 0 Å². The maximum Gasteiger partial charge on any atom is 2.00 e. The average Bonchev–Trinajstić information content (AvgIpc) is 3.98. The Labute approximate surface area is 359 Å². The molecule has 0 amide bonds. The molecule has 4 nitrogen and oxygen atoms in total. The van der Waals surface area contributed by atoms with E-state index in [1.165, 1.54) is 43.1 Å². The zero-order valence-corrected chi connectivity index (χ0v) is 35.0. The van der Waals surface area contributed by atoms with Crippen LogP contribution < -0.4 is 9.97 Å². The second kappa shape index (κ2) is 13.1. The summed E-state index contributed by atoms with van der Waals surface area (Å²) < 4.78 is 0. The minimum Gasteiger partial charge on any atom is -0.657 e. The number of fused-ring (bicyclic) bond motifs is 24. The van der Waals surface area contributed by atoms with Crippen molar-refractivity contribution in [1.29, 1.82) is 0 Å². The summed E-state index contributed by atoms with van der Waals surface area (Å²) in [6, 6.07) is 59.4. The minimum absolute atomic E-state index is 0. The molecule has 0 spiro atoms. The molecule has 0 N–H and O–H groups in total. The summed E-state index contributed by atoms with van der Waals surface area (Å²) in [6.45, 7) is 4.54. The molecule has 2 aliphatic heterocycles. The van der Waals surface area contributed by atoms with Gasteiger partial charge >= 0.3 is 21.1 Å². The van der Waals surface area contributed by atoms with Crippen LogP contribution in [0.5, 0.6) is 0 Å². The van der Waals surface area contributed by atoms with Crippen molar-refractivity contribution < 1.29 is 21.1 Å². The van der Waals surface area contributed by atoms with Crippen molar-refractivity contribution in [2.75, 3.05) is 0 Å². The number of hydrogen-bond donors (Lipinski definition) is 0. The van der Waals surface area contributed by atoms with Crippen molar-refractivity contribution in [2.24, 2.45) is 0 Å². The van der Waals surface area contributed by atoms with E-state index < -0.39 is 0 Å². The van der Waals surface area contributed by atoms with Crippen LogP contribution in [-0.2, 0) is 21.1 Å². The van der Waals surface area contributed by atoms with Gasteiger partial charge in [-0.3, -0.25) is 0 Å². The largest absolute Gasteiger partial charge is 2.00 e. The van der Waals surface area contributed by atoms with Crippen LogP contribution in [0.4, 0.5) is 0 Å². The molecule has 3 aromatic heterocycles. The summed E-state index contributed by atoms with van der Waals surface area (Å²) >= 11 is 0. The standard InChI is InChI=1S/C55H34N4.Pt/c1-30(2)53-54-45-25-37-17-9-7-15-35(37)23-43(45)51(58-54)28-49-41-21-33-13-5-3-11-31(33)19-39(41)47(56-49)27-48-40-20-32-12-4-6-14-34(32)22-42(40)50(57-48)29-52-44-24-36-16-8-10-18-38(36)26-46(44)55(53)59-52;/h3-30H,1-2H3;/q-2;+2. The molecule has 0 unspecified atom stereocenters. The van der Waals surface area contributed by atoms with Gasteiger partial charge in [-0.2, -0.15) is 0 Å². The smallest absolute Gasteiger partial charge is 0.657 e. The fourth-order valence-electron chi connectivity index (χ4n) is 9.73. The third kappa shape index (κ3) is 5.20. The van der Waals surface area contributed by atoms with Crippen molar-refractivity contribution in [3.8, 4) is 45.0 Å². The van der Waals surface area contributed by atoms with Crippen molar-refractivity contribution in [2.45, 2.75) is 19.8 Å². The molecule has 0 radical (unpaired) electrons. The first-order valence-corrected chi connectivity index (χ1v) is 20.4. The number of benzene rings is 8. The Morgan fingerprint density at radius 2 is 0.700 bits per heavy atom. The Morgan fingerprint density at radius 1 is 0.367 bits per heavy atom. The van der Waals surface area contributed by atoms with Gasteiger partial charge in [-0.05, 0) is 143 Å². The van der Waals surface area contributed by atoms with Gasteiger partial charge < -0.3 is 9.97 Å². The summed E-state index contributed by atoms with van der Waals surface area (Å²) in [6.07, 6.45) is 0. The van der Waals surface area contributed by atoms with Crippen molar-refractivity contribution >= 4 is 86.7 Å². The third-order valence-corrected chi connectivity index (χ3v) is 12.6. The van der Waals surface area contributed by atoms with Gasteiger partial charge in [0.15, 0.2) is 0 Å². The van der Waals surface area contributed by atoms with Gasteiger partial charge in [-0.1, -0.05) is 111 Å². The Bertz CT molecular complexity index is 3830. The first kappa shape index (κ1) is 35.1. The summed E-state index contributed by atoms with van der Waals surface area (Å²) in [7, 11) is 0. The van der Waals surface area contributed by atoms with E-state index in [2.05, 4.69) is 178 Å². The molecule has 5 heteroatoms. The molecule has 8 aromatic carbocycles. The molecule has 13 rings (SSSR count). The summed E-state index contributed by atoms with van der Waals surface area (Å²) in [5, 5.41) is 13.9. The molecule has 8 bridgehead atoms. The van der Waals surface area contributed by atoms with Crippen LogP contribution >= 0.6 is 0 Å². The van der Waals surface area contributed by atoms with Crippen molar-refractivity contribution in [3.63, 3.8) is 0 Å². The maximum absolute atomic E-state index is 5.63. The molecule has 0 aliphatic carbocycles. The molecule has 0 fully saturated rings. The van der Waals surface area contributed by atoms with E-state index in [9.17, 15) is 0 Å². The number of nitrogens with zero attached hydrogens (tertiary/aromatic N) is 4. The fraction of sp³-hybridized carbons (Fsp3) is 0.0545. The van der Waals surface area contributed by atoms with E-state index in [4.69, 9.17) is 19.9 Å². The Balaban J connectivity index is 0.00000388. The van der Waals surface area contributed by atoms with Gasteiger partial charge in [0, 0.05) is 22.3 Å². The van der Waals surface area contributed by atoms with Gasteiger partial charge in [0.2, 0.25) is 0 Å². The molecule has 60 heavy (non-hydrogen) atoms. The maximum atomic E-state index is 5.63. The van der Waals surface area contributed by atoms with Crippen LogP contribution in [-0.4, -0.2) is 9.97 Å². The fourth-order valence-corrected chi connectivity index (χ4v) is 9.73. The van der Waals surface area contributed by atoms with Gasteiger partial charge in [0.1, 0.15) is 0 Å². The number of aromatic nitrogens is 4. The molecule has 284 valence electrons. The van der Waals surface area contributed by atoms with Crippen LogP contribution in [0.15, 0.2) is 164 Å². The quantitative estimate of drug-likeness (QED) is 0.165. The number of hydrogen-bond acceptors (Lipinski definition) is 2. The zero-order chi connectivity index (χ0) is 38.9. The molecule has 0 saturated carbocycles. The zero-order valence-electron chi connectivity index (χ0n) is 32.8. The summed E-state index contributed by atoms with van der Waals surface area (Å²) in [5.41, 5.74) is 12.9. The van der Waals surface area contributed by atoms with Crippen LogP contribution in [0.25, 0.3) is 132 Å². The molecule has 0 saturated heterocycles. The van der Waals surface area contributed by atoms with Gasteiger partial charge in [-0.15, -0.1) is 22.1 Å². The summed E-state index contributed by atoms with van der Waals surface area (Å²) in [4.78, 5) is 22.2. The normalized spacial score (nSPS) is 12.2. The molecular weight excluding hydrogens is 912 g/mol. The van der Waals surface area contributed by atoms with E-state index in [1.54, 1.807) is 0 Å². The van der Waals surface area contributed by atoms with Crippen molar-refractivity contribution in [3.05, 3.63) is 169 Å². The van der Waals surface area contributed by atoms with Gasteiger partial charge in [-0.25, -0.2) is 9.97 Å². The Morgan fingerprint density at radius 3 is 1.13 bits per heavy atom. The predicted molar refractivity (Wildman–Crippen MR) is 247 cm³/mol. The molecular formula is C55H34N4Pt. The van der Waals surface area contributed by atoms with Crippen LogP contribution in [0.1, 0.15) is 25.3 Å². The Kier molecular flexibility index (Phi) is 7.64. The van der Waals surface area contributed by atoms with Crippen molar-refractivity contribution in [1.82, 2.24) is 19.9 Å². The van der Waals surface area contributed by atoms with Gasteiger partial charge in [0.05, 0.1) is 22.8 Å².